The van der Waals surface area contributed by atoms with Crippen molar-refractivity contribution in [3.8, 4) is 5.75 Å². The van der Waals surface area contributed by atoms with Crippen LogP contribution < -0.4 is 4.74 Å². The molecule has 1 aliphatic carbocycles. The number of aliphatic hydroxyl groups is 1. The summed E-state index contributed by atoms with van der Waals surface area (Å²) in [6, 6.07) is 5.38. The van der Waals surface area contributed by atoms with E-state index in [1.54, 1.807) is 25.3 Å². The summed E-state index contributed by atoms with van der Waals surface area (Å²) in [6.45, 7) is 0. The highest BCUT2D eigenvalue weighted by atomic mass is 16.5. The molecule has 1 aliphatic rings. The second kappa shape index (κ2) is 4.14. The van der Waals surface area contributed by atoms with Crippen LogP contribution in [-0.4, -0.2) is 23.3 Å². The molecule has 2 unspecified atom stereocenters. The van der Waals surface area contributed by atoms with Gasteiger partial charge in [0.2, 0.25) is 0 Å². The molecule has 4 heteroatoms. The number of hydrogen-bond acceptors (Lipinski definition) is 3. The second-order valence-electron chi connectivity index (χ2n) is 4.06. The van der Waals surface area contributed by atoms with E-state index in [-0.39, 0.29) is 6.42 Å². The van der Waals surface area contributed by atoms with Crippen molar-refractivity contribution < 1.29 is 19.7 Å². The van der Waals surface area contributed by atoms with Crippen LogP contribution in [0.15, 0.2) is 18.2 Å². The third-order valence-corrected chi connectivity index (χ3v) is 3.03. The molecule has 0 saturated carbocycles. The van der Waals surface area contributed by atoms with Crippen molar-refractivity contribution in [2.45, 2.75) is 18.9 Å². The Kier molecular flexibility index (Phi) is 2.83. The number of carboxylic acids is 1. The van der Waals surface area contributed by atoms with Crippen LogP contribution in [-0.2, 0) is 11.2 Å². The molecule has 1 aromatic rings. The lowest BCUT2D eigenvalue weighted by molar-refractivity contribution is -0.143. The minimum Gasteiger partial charge on any atom is -0.497 e. The van der Waals surface area contributed by atoms with Crippen LogP contribution in [0.4, 0.5) is 0 Å². The number of rotatable bonds is 2. The van der Waals surface area contributed by atoms with Gasteiger partial charge in [-0.05, 0) is 36.1 Å². The maximum atomic E-state index is 10.9. The van der Waals surface area contributed by atoms with Gasteiger partial charge >= 0.3 is 5.97 Å². The molecule has 0 aromatic heterocycles. The van der Waals surface area contributed by atoms with Gasteiger partial charge < -0.3 is 14.9 Å². The lowest BCUT2D eigenvalue weighted by Gasteiger charge is -2.26. The largest absolute Gasteiger partial charge is 0.497 e. The summed E-state index contributed by atoms with van der Waals surface area (Å²) in [6.07, 6.45) is 0.0592. The zero-order valence-electron chi connectivity index (χ0n) is 9.01. The van der Waals surface area contributed by atoms with E-state index in [1.807, 2.05) is 0 Å². The third-order valence-electron chi connectivity index (χ3n) is 3.03. The summed E-state index contributed by atoms with van der Waals surface area (Å²) in [7, 11) is 1.57. The summed E-state index contributed by atoms with van der Waals surface area (Å²) in [5.74, 6) is -0.667. The Morgan fingerprint density at radius 3 is 2.88 bits per heavy atom. The Labute approximate surface area is 93.5 Å². The average Bonchev–Trinajstić information content (AvgIpc) is 2.28. The summed E-state index contributed by atoms with van der Waals surface area (Å²) >= 11 is 0. The Bertz CT molecular complexity index is 413. The zero-order chi connectivity index (χ0) is 11.7. The molecule has 86 valence electrons. The molecule has 1 aromatic carbocycles. The molecule has 4 nitrogen and oxygen atoms in total. The number of carboxylic acid groups (broad SMARTS) is 1. The van der Waals surface area contributed by atoms with E-state index >= 15 is 0 Å². The van der Waals surface area contributed by atoms with Gasteiger partial charge in [0.1, 0.15) is 5.75 Å². The Morgan fingerprint density at radius 2 is 2.25 bits per heavy atom. The fourth-order valence-electron chi connectivity index (χ4n) is 2.14. The summed E-state index contributed by atoms with van der Waals surface area (Å²) in [4.78, 5) is 10.9. The normalized spacial score (nSPS) is 23.6. The van der Waals surface area contributed by atoms with Gasteiger partial charge in [0.25, 0.3) is 0 Å². The van der Waals surface area contributed by atoms with Gasteiger partial charge in [-0.15, -0.1) is 0 Å². The number of fused-ring (bicyclic) bond motifs is 1. The first-order valence-corrected chi connectivity index (χ1v) is 5.19. The van der Waals surface area contributed by atoms with Crippen LogP contribution in [0.2, 0.25) is 0 Å². The highest BCUT2D eigenvalue weighted by molar-refractivity contribution is 5.71. The third kappa shape index (κ3) is 1.88. The highest BCUT2D eigenvalue weighted by Crippen LogP contribution is 2.35. The monoisotopic (exact) mass is 222 g/mol. The van der Waals surface area contributed by atoms with Crippen molar-refractivity contribution in [2.75, 3.05) is 7.11 Å². The Morgan fingerprint density at radius 1 is 1.50 bits per heavy atom. The van der Waals surface area contributed by atoms with Gasteiger partial charge in [-0.1, -0.05) is 6.07 Å². The molecule has 0 spiro atoms. The summed E-state index contributed by atoms with van der Waals surface area (Å²) in [5, 5.41) is 18.8. The SMILES string of the molecule is COc1ccc2c(c1)CC(C(=O)O)CC2O. The maximum absolute atomic E-state index is 10.9. The van der Waals surface area contributed by atoms with E-state index in [0.29, 0.717) is 12.2 Å². The molecule has 2 N–H and O–H groups in total. The Hall–Kier alpha value is -1.55. The van der Waals surface area contributed by atoms with E-state index in [9.17, 15) is 9.90 Å². The molecular weight excluding hydrogens is 208 g/mol. The van der Waals surface area contributed by atoms with E-state index in [2.05, 4.69) is 0 Å². The zero-order valence-corrected chi connectivity index (χ0v) is 9.01. The van der Waals surface area contributed by atoms with Gasteiger partial charge in [-0.25, -0.2) is 0 Å². The van der Waals surface area contributed by atoms with E-state index in [4.69, 9.17) is 9.84 Å². The smallest absolute Gasteiger partial charge is 0.306 e. The molecule has 0 bridgehead atoms. The van der Waals surface area contributed by atoms with E-state index in [1.165, 1.54) is 0 Å². The second-order valence-corrected chi connectivity index (χ2v) is 4.06. The van der Waals surface area contributed by atoms with Crippen molar-refractivity contribution >= 4 is 5.97 Å². The number of methoxy groups -OCH3 is 1. The number of hydrogen-bond donors (Lipinski definition) is 2. The van der Waals surface area contributed by atoms with Crippen LogP contribution in [0.25, 0.3) is 0 Å². The van der Waals surface area contributed by atoms with Crippen LogP contribution >= 0.6 is 0 Å². The minimum absolute atomic E-state index is 0.286. The molecule has 0 saturated heterocycles. The molecule has 0 amide bonds. The van der Waals surface area contributed by atoms with Gasteiger partial charge in [0.15, 0.2) is 0 Å². The lowest BCUT2D eigenvalue weighted by Crippen LogP contribution is -2.25. The van der Waals surface area contributed by atoms with Gasteiger partial charge in [0.05, 0.1) is 19.1 Å². The average molecular weight is 222 g/mol. The highest BCUT2D eigenvalue weighted by Gasteiger charge is 2.30. The molecule has 0 fully saturated rings. The van der Waals surface area contributed by atoms with Gasteiger partial charge in [-0.3, -0.25) is 4.79 Å². The fraction of sp³-hybridized carbons (Fsp3) is 0.417. The van der Waals surface area contributed by atoms with E-state index in [0.717, 1.165) is 11.1 Å². The fourth-order valence-corrected chi connectivity index (χ4v) is 2.14. The number of carbonyl (C=O) groups is 1. The van der Waals surface area contributed by atoms with Gasteiger partial charge in [-0.2, -0.15) is 0 Å². The number of aliphatic carboxylic acids is 1. The maximum Gasteiger partial charge on any atom is 0.306 e. The quantitative estimate of drug-likeness (QED) is 0.793. The van der Waals surface area contributed by atoms with Crippen molar-refractivity contribution in [3.05, 3.63) is 29.3 Å². The number of aliphatic hydroxyl groups excluding tert-OH is 1. The molecule has 2 rings (SSSR count). The van der Waals surface area contributed by atoms with Gasteiger partial charge in [0, 0.05) is 0 Å². The van der Waals surface area contributed by atoms with Crippen LogP contribution in [0.3, 0.4) is 0 Å². The van der Waals surface area contributed by atoms with Crippen LogP contribution in [0.5, 0.6) is 5.75 Å². The first kappa shape index (κ1) is 11.0. The van der Waals surface area contributed by atoms with Crippen LogP contribution in [0, 0.1) is 5.92 Å². The molecule has 0 aliphatic heterocycles. The standard InChI is InChI=1S/C12H14O4/c1-16-9-2-3-10-7(5-9)4-8(12(14)15)6-11(10)13/h2-3,5,8,11,13H,4,6H2,1H3,(H,14,15). The number of ether oxygens (including phenoxy) is 1. The molecule has 16 heavy (non-hydrogen) atoms. The molecule has 0 heterocycles. The lowest BCUT2D eigenvalue weighted by atomic mass is 9.82. The number of benzene rings is 1. The predicted octanol–water partition coefficient (Wildman–Crippen LogP) is 1.38. The summed E-state index contributed by atoms with van der Waals surface area (Å²) < 4.78 is 5.08. The topological polar surface area (TPSA) is 66.8 Å². The van der Waals surface area contributed by atoms with Crippen molar-refractivity contribution in [1.29, 1.82) is 0 Å². The predicted molar refractivity (Wildman–Crippen MR) is 57.4 cm³/mol. The molecular formula is C12H14O4. The van der Waals surface area contributed by atoms with Crippen molar-refractivity contribution in [1.82, 2.24) is 0 Å². The van der Waals surface area contributed by atoms with Crippen molar-refractivity contribution in [3.63, 3.8) is 0 Å². The van der Waals surface area contributed by atoms with Crippen LogP contribution in [0.1, 0.15) is 23.7 Å². The first-order valence-electron chi connectivity index (χ1n) is 5.19. The minimum atomic E-state index is -0.854. The van der Waals surface area contributed by atoms with E-state index < -0.39 is 18.0 Å². The first-order chi connectivity index (χ1) is 7.61. The Balaban J connectivity index is 2.35. The molecule has 0 radical (unpaired) electrons. The van der Waals surface area contributed by atoms with Crippen molar-refractivity contribution in [2.24, 2.45) is 5.92 Å². The summed E-state index contributed by atoms with van der Waals surface area (Å²) in [5.41, 5.74) is 1.68. The molecule has 2 atom stereocenters.